The molecular weight excluding hydrogens is 274 g/mol. The van der Waals surface area contributed by atoms with Gasteiger partial charge in [0, 0.05) is 12.5 Å². The number of carbonyl (C=O) groups is 2. The van der Waals surface area contributed by atoms with Crippen molar-refractivity contribution in [3.05, 3.63) is 35.4 Å². The van der Waals surface area contributed by atoms with Crippen LogP contribution in [0.2, 0.25) is 0 Å². The standard InChI is InChI=1S/C15H15NO5/c1-10-4-5-11(12(17)9-13(18)15(19)20)14(8-10)21-7-3-2-6-16/h4-5,8-9,17H,2-3,7H2,1H3,(H,19,20). The molecule has 2 N–H and O–H groups in total. The van der Waals surface area contributed by atoms with Gasteiger partial charge in [-0.05, 0) is 31.0 Å². The van der Waals surface area contributed by atoms with Gasteiger partial charge in [-0.15, -0.1) is 0 Å². The molecule has 1 aromatic carbocycles. The molecule has 0 aromatic heterocycles. The van der Waals surface area contributed by atoms with Gasteiger partial charge in [-0.3, -0.25) is 4.79 Å². The van der Waals surface area contributed by atoms with Crippen molar-refractivity contribution in [2.75, 3.05) is 6.61 Å². The summed E-state index contributed by atoms with van der Waals surface area (Å²) in [5.74, 6) is -3.01. The Labute approximate surface area is 121 Å². The van der Waals surface area contributed by atoms with Crippen LogP contribution >= 0.6 is 0 Å². The van der Waals surface area contributed by atoms with Crippen molar-refractivity contribution in [2.45, 2.75) is 19.8 Å². The zero-order chi connectivity index (χ0) is 15.8. The number of carbonyl (C=O) groups excluding carboxylic acids is 1. The van der Waals surface area contributed by atoms with Gasteiger partial charge in [-0.2, -0.15) is 5.26 Å². The lowest BCUT2D eigenvalue weighted by Crippen LogP contribution is -2.10. The predicted molar refractivity (Wildman–Crippen MR) is 74.8 cm³/mol. The fourth-order valence-corrected chi connectivity index (χ4v) is 1.56. The first kappa shape index (κ1) is 16.2. The van der Waals surface area contributed by atoms with Gasteiger partial charge in [0.1, 0.15) is 11.5 Å². The normalized spacial score (nSPS) is 10.8. The first-order valence-corrected chi connectivity index (χ1v) is 6.24. The molecule has 6 nitrogen and oxygen atoms in total. The fourth-order valence-electron chi connectivity index (χ4n) is 1.56. The van der Waals surface area contributed by atoms with Crippen LogP contribution in [-0.2, 0) is 9.59 Å². The molecule has 0 spiro atoms. The molecule has 1 rings (SSSR count). The molecule has 0 bridgehead atoms. The quantitative estimate of drug-likeness (QED) is 0.345. The first-order valence-electron chi connectivity index (χ1n) is 6.24. The van der Waals surface area contributed by atoms with E-state index in [1.807, 2.05) is 13.0 Å². The second-order valence-electron chi connectivity index (χ2n) is 4.31. The number of carboxylic acids is 1. The number of aliphatic hydroxyl groups excluding tert-OH is 1. The summed E-state index contributed by atoms with van der Waals surface area (Å²) in [4.78, 5) is 21.6. The summed E-state index contributed by atoms with van der Waals surface area (Å²) in [7, 11) is 0. The molecule has 0 unspecified atom stereocenters. The number of aliphatic hydroxyl groups is 1. The van der Waals surface area contributed by atoms with E-state index in [2.05, 4.69) is 0 Å². The van der Waals surface area contributed by atoms with Gasteiger partial charge in [0.2, 0.25) is 0 Å². The Balaban J connectivity index is 2.98. The van der Waals surface area contributed by atoms with Gasteiger partial charge in [0.05, 0.1) is 18.2 Å². The second-order valence-corrected chi connectivity index (χ2v) is 4.31. The number of nitrogens with zero attached hydrogens (tertiary/aromatic N) is 1. The maximum Gasteiger partial charge on any atom is 0.376 e. The number of ketones is 1. The van der Waals surface area contributed by atoms with E-state index in [0.717, 1.165) is 5.56 Å². The number of hydrogen-bond acceptors (Lipinski definition) is 5. The summed E-state index contributed by atoms with van der Waals surface area (Å²) in [5.41, 5.74) is 1.11. The van der Waals surface area contributed by atoms with Crippen molar-refractivity contribution in [3.63, 3.8) is 0 Å². The minimum atomic E-state index is -1.65. The van der Waals surface area contributed by atoms with Crippen LogP contribution in [0.5, 0.6) is 5.75 Å². The summed E-state index contributed by atoms with van der Waals surface area (Å²) in [6.45, 7) is 2.11. The smallest absolute Gasteiger partial charge is 0.376 e. The Kier molecular flexibility index (Phi) is 5.96. The highest BCUT2D eigenvalue weighted by atomic mass is 16.5. The molecule has 0 radical (unpaired) electrons. The van der Waals surface area contributed by atoms with E-state index >= 15 is 0 Å². The van der Waals surface area contributed by atoms with Crippen LogP contribution in [0.1, 0.15) is 24.0 Å². The Morgan fingerprint density at radius 1 is 1.38 bits per heavy atom. The largest absolute Gasteiger partial charge is 0.507 e. The molecule has 0 fully saturated rings. The topological polar surface area (TPSA) is 108 Å². The van der Waals surface area contributed by atoms with E-state index in [1.165, 1.54) is 6.07 Å². The second kappa shape index (κ2) is 7.70. The third-order valence-corrected chi connectivity index (χ3v) is 2.58. The van der Waals surface area contributed by atoms with Crippen LogP contribution in [0.15, 0.2) is 24.3 Å². The average Bonchev–Trinajstić information content (AvgIpc) is 2.43. The van der Waals surface area contributed by atoms with Crippen molar-refractivity contribution >= 4 is 17.5 Å². The Bertz CT molecular complexity index is 613. The molecule has 0 aliphatic rings. The SMILES string of the molecule is Cc1ccc(C(O)=CC(=O)C(=O)O)c(OCCCC#N)c1. The van der Waals surface area contributed by atoms with Gasteiger partial charge in [0.25, 0.3) is 5.78 Å². The van der Waals surface area contributed by atoms with Crippen molar-refractivity contribution < 1.29 is 24.5 Å². The van der Waals surface area contributed by atoms with E-state index in [9.17, 15) is 14.7 Å². The van der Waals surface area contributed by atoms with E-state index in [4.69, 9.17) is 15.1 Å². The predicted octanol–water partition coefficient (Wildman–Crippen LogP) is 2.23. The van der Waals surface area contributed by atoms with Gasteiger partial charge in [0.15, 0.2) is 0 Å². The summed E-state index contributed by atoms with van der Waals surface area (Å²) in [5, 5.41) is 26.8. The van der Waals surface area contributed by atoms with Gasteiger partial charge in [-0.1, -0.05) is 6.07 Å². The summed E-state index contributed by atoms with van der Waals surface area (Å²) < 4.78 is 5.47. The van der Waals surface area contributed by atoms with Crippen LogP contribution in [-0.4, -0.2) is 28.6 Å². The minimum absolute atomic E-state index is 0.229. The highest BCUT2D eigenvalue weighted by Gasteiger charge is 2.14. The molecular formula is C15H15NO5. The number of rotatable bonds is 7. The van der Waals surface area contributed by atoms with Crippen molar-refractivity contribution in [1.82, 2.24) is 0 Å². The van der Waals surface area contributed by atoms with E-state index in [0.29, 0.717) is 24.7 Å². The zero-order valence-corrected chi connectivity index (χ0v) is 11.5. The van der Waals surface area contributed by atoms with Crippen LogP contribution in [0.3, 0.4) is 0 Å². The van der Waals surface area contributed by atoms with Crippen LogP contribution in [0.25, 0.3) is 5.76 Å². The molecule has 0 heterocycles. The highest BCUT2D eigenvalue weighted by Crippen LogP contribution is 2.26. The van der Waals surface area contributed by atoms with Crippen LogP contribution in [0, 0.1) is 18.3 Å². The molecule has 110 valence electrons. The Hall–Kier alpha value is -2.81. The van der Waals surface area contributed by atoms with Gasteiger partial charge >= 0.3 is 5.97 Å². The molecule has 0 saturated carbocycles. The lowest BCUT2D eigenvalue weighted by molar-refractivity contribution is -0.146. The van der Waals surface area contributed by atoms with Crippen LogP contribution < -0.4 is 4.74 Å². The molecule has 6 heteroatoms. The maximum atomic E-state index is 11.1. The number of aliphatic carboxylic acids is 1. The molecule has 21 heavy (non-hydrogen) atoms. The number of benzene rings is 1. The monoisotopic (exact) mass is 289 g/mol. The molecule has 0 atom stereocenters. The van der Waals surface area contributed by atoms with Gasteiger partial charge < -0.3 is 14.9 Å². The first-order chi connectivity index (χ1) is 9.95. The Morgan fingerprint density at radius 2 is 2.10 bits per heavy atom. The lowest BCUT2D eigenvalue weighted by atomic mass is 10.1. The summed E-state index contributed by atoms with van der Waals surface area (Å²) in [6.07, 6.45) is 1.51. The zero-order valence-electron chi connectivity index (χ0n) is 11.5. The number of hydrogen-bond donors (Lipinski definition) is 2. The molecule has 0 amide bonds. The maximum absolute atomic E-state index is 11.1. The number of ether oxygens (including phenoxy) is 1. The van der Waals surface area contributed by atoms with Gasteiger partial charge in [-0.25, -0.2) is 4.79 Å². The summed E-state index contributed by atoms with van der Waals surface area (Å²) in [6, 6.07) is 6.89. The molecule has 0 saturated heterocycles. The van der Waals surface area contributed by atoms with Crippen molar-refractivity contribution in [1.29, 1.82) is 5.26 Å². The van der Waals surface area contributed by atoms with E-state index < -0.39 is 17.5 Å². The molecule has 0 aliphatic heterocycles. The van der Waals surface area contributed by atoms with Crippen molar-refractivity contribution in [3.8, 4) is 11.8 Å². The number of aryl methyl sites for hydroxylation is 1. The third kappa shape index (κ3) is 4.99. The number of nitriles is 1. The highest BCUT2D eigenvalue weighted by molar-refractivity contribution is 6.38. The lowest BCUT2D eigenvalue weighted by Gasteiger charge is -2.11. The summed E-state index contributed by atoms with van der Waals surface area (Å²) >= 11 is 0. The fraction of sp³-hybridized carbons (Fsp3) is 0.267. The molecule has 0 aliphatic carbocycles. The number of carboxylic acid groups (broad SMARTS) is 1. The Morgan fingerprint density at radius 3 is 2.71 bits per heavy atom. The van der Waals surface area contributed by atoms with Crippen molar-refractivity contribution in [2.24, 2.45) is 0 Å². The molecule has 1 aromatic rings. The van der Waals surface area contributed by atoms with E-state index in [-0.39, 0.29) is 12.2 Å². The number of unbranched alkanes of at least 4 members (excludes halogenated alkanes) is 1. The minimum Gasteiger partial charge on any atom is -0.507 e. The third-order valence-electron chi connectivity index (χ3n) is 2.58. The van der Waals surface area contributed by atoms with Crippen LogP contribution in [0.4, 0.5) is 0 Å². The van der Waals surface area contributed by atoms with E-state index in [1.54, 1.807) is 12.1 Å². The average molecular weight is 289 g/mol.